The Morgan fingerprint density at radius 1 is 1.21 bits per heavy atom. The van der Waals surface area contributed by atoms with Crippen molar-refractivity contribution < 1.29 is 60.9 Å². The van der Waals surface area contributed by atoms with Crippen LogP contribution in [0.1, 0.15) is 41.0 Å². The van der Waals surface area contributed by atoms with Crippen molar-refractivity contribution in [3.63, 3.8) is 0 Å². The van der Waals surface area contributed by atoms with Crippen LogP contribution < -0.4 is 9.61 Å². The van der Waals surface area contributed by atoms with Gasteiger partial charge in [0, 0.05) is 11.6 Å². The predicted octanol–water partition coefficient (Wildman–Crippen LogP) is 3.82. The highest BCUT2D eigenvalue weighted by Crippen LogP contribution is 2.48. The zero-order valence-corrected chi connectivity index (χ0v) is 25.1. The predicted molar refractivity (Wildman–Crippen MR) is 146 cm³/mol. The Labute approximate surface area is 247 Å². The summed E-state index contributed by atoms with van der Waals surface area (Å²) < 4.78 is 80.6. The highest BCUT2D eigenvalue weighted by molar-refractivity contribution is 7.52. The molecule has 2 heterocycles. The van der Waals surface area contributed by atoms with Crippen molar-refractivity contribution >= 4 is 25.6 Å². The molecule has 0 radical (unpaired) electrons. The molecule has 16 heteroatoms. The van der Waals surface area contributed by atoms with E-state index in [2.05, 4.69) is 11.7 Å². The maximum atomic E-state index is 13.9. The Balaban J connectivity index is 0.00000645. The van der Waals surface area contributed by atoms with Gasteiger partial charge in [0.2, 0.25) is 5.91 Å². The second-order valence-electron chi connectivity index (χ2n) is 10.7. The molecule has 3 rings (SSSR count). The molecule has 0 spiro atoms. The van der Waals surface area contributed by atoms with E-state index in [0.717, 1.165) is 0 Å². The van der Waals surface area contributed by atoms with Crippen LogP contribution in [0.2, 0.25) is 0 Å². The van der Waals surface area contributed by atoms with Gasteiger partial charge in [0.05, 0.1) is 19.1 Å². The van der Waals surface area contributed by atoms with Crippen LogP contribution in [0.25, 0.3) is 0 Å². The van der Waals surface area contributed by atoms with Crippen molar-refractivity contribution in [1.29, 1.82) is 0 Å². The van der Waals surface area contributed by atoms with Gasteiger partial charge >= 0.3 is 25.9 Å². The summed E-state index contributed by atoms with van der Waals surface area (Å²) in [6.45, 7) is 10.5. The molecule has 2 aliphatic heterocycles. The molecule has 12 nitrogen and oxygen atoms in total. The summed E-state index contributed by atoms with van der Waals surface area (Å²) in [5.41, 5.74) is -0.887. The lowest BCUT2D eigenvalue weighted by Crippen LogP contribution is -2.49. The molecular weight excluding hydrogens is 600 g/mol. The number of allylic oxidation sites excluding steroid dienone is 1. The maximum absolute atomic E-state index is 13.9. The number of esters is 2. The molecule has 1 aromatic carbocycles. The van der Waals surface area contributed by atoms with Gasteiger partial charge in [-0.2, -0.15) is 18.3 Å². The van der Waals surface area contributed by atoms with Crippen LogP contribution >= 0.6 is 7.75 Å². The molecule has 43 heavy (non-hydrogen) atoms. The number of para-hydroxylation sites is 1. The number of nitrogens with one attached hydrogen (secondary N) is 1. The minimum atomic E-state index is -5.32. The van der Waals surface area contributed by atoms with E-state index < -0.39 is 74.4 Å². The van der Waals surface area contributed by atoms with Gasteiger partial charge in [0.1, 0.15) is 30.2 Å². The van der Waals surface area contributed by atoms with E-state index in [0.29, 0.717) is 5.57 Å². The van der Waals surface area contributed by atoms with Gasteiger partial charge < -0.3 is 24.2 Å². The highest BCUT2D eigenvalue weighted by atomic mass is 31.2. The minimum Gasteiger partial charge on any atom is -0.462 e. The number of carbonyl (C=O) groups excluding carboxylic acids is 3. The second-order valence-corrected chi connectivity index (χ2v) is 12.4. The number of amides is 1. The monoisotopic (exact) mass is 636 g/mol. The van der Waals surface area contributed by atoms with Crippen molar-refractivity contribution in [3.8, 4) is 5.75 Å². The van der Waals surface area contributed by atoms with Crippen LogP contribution in [-0.2, 0) is 37.7 Å². The van der Waals surface area contributed by atoms with Crippen molar-refractivity contribution in [2.45, 2.75) is 77.8 Å². The summed E-state index contributed by atoms with van der Waals surface area (Å²) in [6.07, 6.45) is -7.20. The van der Waals surface area contributed by atoms with Gasteiger partial charge in [0.15, 0.2) is 0 Å². The van der Waals surface area contributed by atoms with Gasteiger partial charge in [0.25, 0.3) is 0 Å². The molecule has 3 N–H and O–H groups in total. The zero-order valence-electron chi connectivity index (χ0n) is 24.3. The van der Waals surface area contributed by atoms with Gasteiger partial charge in [-0.25, -0.2) is 9.36 Å². The first kappa shape index (κ1) is 36.0. The average molecular weight is 637 g/mol. The molecule has 0 saturated carbocycles. The Morgan fingerprint density at radius 3 is 2.40 bits per heavy atom. The molecule has 1 saturated heterocycles. The molecule has 0 aliphatic carbocycles. The third kappa shape index (κ3) is 9.13. The quantitative estimate of drug-likeness (QED) is 0.279. The molecule has 240 valence electrons. The number of hydrogen-bond acceptors (Lipinski definition) is 9. The largest absolute Gasteiger partial charge is 0.490 e. The van der Waals surface area contributed by atoms with Crippen molar-refractivity contribution in [1.82, 2.24) is 9.99 Å². The fourth-order valence-electron chi connectivity index (χ4n) is 4.32. The molecule has 0 unspecified atom stereocenters. The number of ether oxygens (including phenoxy) is 3. The fraction of sp³-hybridized carbons (Fsp3) is 0.519. The highest BCUT2D eigenvalue weighted by Gasteiger charge is 2.58. The number of hydrogen-bond donors (Lipinski definition) is 1. The number of alkyl halides is 3. The Kier molecular flexibility index (Phi) is 11.7. The summed E-state index contributed by atoms with van der Waals surface area (Å²) in [4.78, 5) is 38.2. The molecule has 1 fully saturated rings. The SMILES string of the molecule is C=C1C=CN([C@@H]2O[C@H](CO[P@@](=O)(N[C@@H](C)C(=O)OC(C)C)Oc3ccccc3)[C@@H](OC(=O)C(F)(F)F)C2(C)C)C(=O)C1.O. The number of rotatable bonds is 11. The first-order valence-electron chi connectivity index (χ1n) is 13.0. The van der Waals surface area contributed by atoms with E-state index in [1.807, 2.05) is 0 Å². The number of halogens is 3. The van der Waals surface area contributed by atoms with Crippen molar-refractivity contribution in [2.24, 2.45) is 5.41 Å². The van der Waals surface area contributed by atoms with Gasteiger partial charge in [-0.1, -0.05) is 38.6 Å². The molecule has 0 bridgehead atoms. The number of benzene rings is 1. The van der Waals surface area contributed by atoms with Crippen molar-refractivity contribution in [2.75, 3.05) is 6.61 Å². The minimum absolute atomic E-state index is 0. The van der Waals surface area contributed by atoms with Crippen LogP contribution in [0.4, 0.5) is 13.2 Å². The first-order valence-corrected chi connectivity index (χ1v) is 14.5. The van der Waals surface area contributed by atoms with Crippen LogP contribution in [0, 0.1) is 5.41 Å². The normalized spacial score (nSPS) is 23.7. The van der Waals surface area contributed by atoms with Crippen LogP contribution in [0.3, 0.4) is 0 Å². The Bertz CT molecular complexity index is 1260. The molecule has 2 aliphatic rings. The van der Waals surface area contributed by atoms with Crippen molar-refractivity contribution in [3.05, 3.63) is 54.8 Å². The zero-order chi connectivity index (χ0) is 31.5. The first-order chi connectivity index (χ1) is 19.4. The standard InChI is InChI=1S/C27H34F3N2O9P.H2O/c1-16(2)38-23(34)18(4)31-42(36,41-19-10-8-7-9-11-19)37-15-20-22(40-25(35)27(28,29)30)26(5,6)24(39-20)32-13-12-17(3)14-21(32)33;/h7-13,16,18,20,22,24H,3,14-15H2,1-2,4-6H3,(H,31,36);1H2/t18-,20+,22+,24+,42-;/m0./s1. The van der Waals surface area contributed by atoms with Gasteiger partial charge in [-0.15, -0.1) is 0 Å². The third-order valence-electron chi connectivity index (χ3n) is 6.30. The van der Waals surface area contributed by atoms with E-state index >= 15 is 0 Å². The molecular formula is C27H36F3N2O10P. The van der Waals surface area contributed by atoms with E-state index in [9.17, 15) is 32.1 Å². The molecule has 0 aromatic heterocycles. The second kappa shape index (κ2) is 14.0. The molecule has 1 amide bonds. The summed E-state index contributed by atoms with van der Waals surface area (Å²) in [6, 6.07) is 6.60. The summed E-state index contributed by atoms with van der Waals surface area (Å²) >= 11 is 0. The van der Waals surface area contributed by atoms with Gasteiger partial charge in [-0.3, -0.25) is 19.0 Å². The van der Waals surface area contributed by atoms with E-state index in [4.69, 9.17) is 23.3 Å². The van der Waals surface area contributed by atoms with Crippen LogP contribution in [0.5, 0.6) is 5.75 Å². The lowest BCUT2D eigenvalue weighted by atomic mass is 9.83. The summed E-state index contributed by atoms with van der Waals surface area (Å²) in [7, 11) is -4.45. The topological polar surface area (TPSA) is 161 Å². The Morgan fingerprint density at radius 2 is 1.84 bits per heavy atom. The average Bonchev–Trinajstić information content (AvgIpc) is 3.11. The lowest BCUT2D eigenvalue weighted by Gasteiger charge is -2.37. The smallest absolute Gasteiger partial charge is 0.462 e. The van der Waals surface area contributed by atoms with Crippen LogP contribution in [-0.4, -0.2) is 71.6 Å². The Hall–Kier alpha value is -3.23. The summed E-state index contributed by atoms with van der Waals surface area (Å²) in [5, 5.41) is 2.47. The fourth-order valence-corrected chi connectivity index (χ4v) is 5.82. The van der Waals surface area contributed by atoms with E-state index in [1.165, 1.54) is 44.0 Å². The molecule has 5 atom stereocenters. The molecule has 1 aromatic rings. The van der Waals surface area contributed by atoms with E-state index in [1.54, 1.807) is 38.1 Å². The van der Waals surface area contributed by atoms with Gasteiger partial charge in [-0.05, 0) is 44.6 Å². The summed E-state index contributed by atoms with van der Waals surface area (Å²) in [5.74, 6) is -3.60. The van der Waals surface area contributed by atoms with E-state index in [-0.39, 0.29) is 17.6 Å². The maximum Gasteiger partial charge on any atom is 0.490 e. The lowest BCUT2D eigenvalue weighted by molar-refractivity contribution is -0.210. The van der Waals surface area contributed by atoms with Crippen LogP contribution in [0.15, 0.2) is 54.8 Å². The number of nitrogens with zero attached hydrogens (tertiary/aromatic N) is 1. The number of carbonyl (C=O) groups is 3. The third-order valence-corrected chi connectivity index (χ3v) is 7.94.